The van der Waals surface area contributed by atoms with E-state index in [1.165, 1.54) is 0 Å². The largest absolute Gasteiger partial charge is 0.508 e. The standard InChI is InChI=1S/C13H18N2O2/c14-8-10(13(17)15-11-3-4-11)7-9-1-5-12(16)6-2-9/h1-2,5-6,10-11,16H,3-4,7-8,14H2,(H,15,17). The lowest BCUT2D eigenvalue weighted by molar-refractivity contribution is -0.124. The van der Waals surface area contributed by atoms with Gasteiger partial charge in [0.2, 0.25) is 5.91 Å². The molecule has 0 heterocycles. The fraction of sp³-hybridized carbons (Fsp3) is 0.462. The first-order chi connectivity index (χ1) is 8.19. The molecule has 1 aliphatic rings. The van der Waals surface area contributed by atoms with Crippen LogP contribution in [-0.4, -0.2) is 23.6 Å². The van der Waals surface area contributed by atoms with Gasteiger partial charge in [-0.05, 0) is 37.0 Å². The number of benzene rings is 1. The topological polar surface area (TPSA) is 75.3 Å². The van der Waals surface area contributed by atoms with Gasteiger partial charge in [-0.25, -0.2) is 0 Å². The zero-order chi connectivity index (χ0) is 12.3. The van der Waals surface area contributed by atoms with Gasteiger partial charge >= 0.3 is 0 Å². The van der Waals surface area contributed by atoms with Crippen LogP contribution in [0.4, 0.5) is 0 Å². The highest BCUT2D eigenvalue weighted by molar-refractivity contribution is 5.79. The Morgan fingerprint density at radius 2 is 2.06 bits per heavy atom. The average Bonchev–Trinajstić information content (AvgIpc) is 3.12. The molecule has 0 radical (unpaired) electrons. The molecule has 1 amide bonds. The molecule has 1 aromatic rings. The number of hydrogen-bond acceptors (Lipinski definition) is 3. The van der Waals surface area contributed by atoms with Gasteiger partial charge in [-0.15, -0.1) is 0 Å². The van der Waals surface area contributed by atoms with E-state index in [0.29, 0.717) is 19.0 Å². The van der Waals surface area contributed by atoms with Crippen molar-refractivity contribution in [1.29, 1.82) is 0 Å². The monoisotopic (exact) mass is 234 g/mol. The number of phenols is 1. The molecule has 1 saturated carbocycles. The number of carbonyl (C=O) groups is 1. The minimum atomic E-state index is -0.180. The molecule has 0 saturated heterocycles. The average molecular weight is 234 g/mol. The van der Waals surface area contributed by atoms with Gasteiger partial charge in [0.15, 0.2) is 0 Å². The van der Waals surface area contributed by atoms with Crippen LogP contribution in [0.3, 0.4) is 0 Å². The van der Waals surface area contributed by atoms with Crippen molar-refractivity contribution in [2.75, 3.05) is 6.54 Å². The Labute approximate surface area is 101 Å². The molecule has 1 aromatic carbocycles. The third kappa shape index (κ3) is 3.46. The number of hydrogen-bond donors (Lipinski definition) is 3. The summed E-state index contributed by atoms with van der Waals surface area (Å²) in [5.41, 5.74) is 6.66. The first kappa shape index (κ1) is 11.9. The van der Waals surface area contributed by atoms with Crippen molar-refractivity contribution in [1.82, 2.24) is 5.32 Å². The van der Waals surface area contributed by atoms with Crippen molar-refractivity contribution >= 4 is 5.91 Å². The summed E-state index contributed by atoms with van der Waals surface area (Å²) in [4.78, 5) is 11.9. The Morgan fingerprint density at radius 1 is 1.41 bits per heavy atom. The third-order valence-electron chi connectivity index (χ3n) is 3.00. The summed E-state index contributed by atoms with van der Waals surface area (Å²) >= 11 is 0. The number of amides is 1. The number of nitrogens with two attached hydrogens (primary N) is 1. The van der Waals surface area contributed by atoms with Crippen molar-refractivity contribution < 1.29 is 9.90 Å². The second-order valence-electron chi connectivity index (χ2n) is 4.59. The molecule has 4 nitrogen and oxygen atoms in total. The first-order valence-electron chi connectivity index (χ1n) is 5.97. The van der Waals surface area contributed by atoms with Crippen molar-refractivity contribution in [2.45, 2.75) is 25.3 Å². The molecule has 0 spiro atoms. The molecule has 1 fully saturated rings. The van der Waals surface area contributed by atoms with E-state index < -0.39 is 0 Å². The van der Waals surface area contributed by atoms with Crippen LogP contribution in [-0.2, 0) is 11.2 Å². The quantitative estimate of drug-likeness (QED) is 0.705. The van der Waals surface area contributed by atoms with E-state index in [2.05, 4.69) is 5.32 Å². The molecule has 0 aliphatic heterocycles. The molecular weight excluding hydrogens is 216 g/mol. The van der Waals surface area contributed by atoms with Gasteiger partial charge < -0.3 is 16.2 Å². The lowest BCUT2D eigenvalue weighted by Gasteiger charge is -2.14. The number of rotatable bonds is 5. The van der Waals surface area contributed by atoms with Crippen molar-refractivity contribution in [3.05, 3.63) is 29.8 Å². The molecular formula is C13H18N2O2. The van der Waals surface area contributed by atoms with Gasteiger partial charge in [0.25, 0.3) is 0 Å². The van der Waals surface area contributed by atoms with E-state index >= 15 is 0 Å². The van der Waals surface area contributed by atoms with E-state index in [1.54, 1.807) is 12.1 Å². The van der Waals surface area contributed by atoms with Crippen LogP contribution in [0.25, 0.3) is 0 Å². The van der Waals surface area contributed by atoms with Gasteiger partial charge in [0.05, 0.1) is 5.92 Å². The lowest BCUT2D eigenvalue weighted by atomic mass is 9.98. The second kappa shape index (κ2) is 5.19. The minimum Gasteiger partial charge on any atom is -0.508 e. The summed E-state index contributed by atoms with van der Waals surface area (Å²) < 4.78 is 0. The van der Waals surface area contributed by atoms with Crippen LogP contribution < -0.4 is 11.1 Å². The predicted molar refractivity (Wildman–Crippen MR) is 65.5 cm³/mol. The molecule has 4 N–H and O–H groups in total. The molecule has 4 heteroatoms. The van der Waals surface area contributed by atoms with Gasteiger partial charge in [0, 0.05) is 12.6 Å². The van der Waals surface area contributed by atoms with E-state index in [9.17, 15) is 9.90 Å². The van der Waals surface area contributed by atoms with Crippen LogP contribution >= 0.6 is 0 Å². The van der Waals surface area contributed by atoms with Crippen molar-refractivity contribution in [3.8, 4) is 5.75 Å². The summed E-state index contributed by atoms with van der Waals surface area (Å²) in [6.07, 6.45) is 2.79. The maximum absolute atomic E-state index is 11.9. The minimum absolute atomic E-state index is 0.0445. The fourth-order valence-electron chi connectivity index (χ4n) is 1.75. The molecule has 1 aliphatic carbocycles. The van der Waals surface area contributed by atoms with Crippen LogP contribution in [0.15, 0.2) is 24.3 Å². The number of carbonyl (C=O) groups excluding carboxylic acids is 1. The van der Waals surface area contributed by atoms with E-state index in [4.69, 9.17) is 5.73 Å². The Morgan fingerprint density at radius 3 is 2.59 bits per heavy atom. The Balaban J connectivity index is 1.93. The third-order valence-corrected chi connectivity index (χ3v) is 3.00. The SMILES string of the molecule is NCC(Cc1ccc(O)cc1)C(=O)NC1CC1. The van der Waals surface area contributed by atoms with Crippen molar-refractivity contribution in [3.63, 3.8) is 0 Å². The second-order valence-corrected chi connectivity index (χ2v) is 4.59. The van der Waals surface area contributed by atoms with E-state index in [1.807, 2.05) is 12.1 Å². The van der Waals surface area contributed by atoms with Gasteiger partial charge in [-0.2, -0.15) is 0 Å². The zero-order valence-corrected chi connectivity index (χ0v) is 9.73. The molecule has 17 heavy (non-hydrogen) atoms. The molecule has 0 bridgehead atoms. The summed E-state index contributed by atoms with van der Waals surface area (Å²) in [5, 5.41) is 12.1. The van der Waals surface area contributed by atoms with Gasteiger partial charge in [-0.1, -0.05) is 12.1 Å². The molecule has 92 valence electrons. The molecule has 0 aromatic heterocycles. The summed E-state index contributed by atoms with van der Waals surface area (Å²) in [6.45, 7) is 0.347. The van der Waals surface area contributed by atoms with E-state index in [-0.39, 0.29) is 17.6 Å². The molecule has 1 unspecified atom stereocenters. The smallest absolute Gasteiger partial charge is 0.224 e. The Hall–Kier alpha value is -1.55. The van der Waals surface area contributed by atoms with Gasteiger partial charge in [0.1, 0.15) is 5.75 Å². The zero-order valence-electron chi connectivity index (χ0n) is 9.73. The van der Waals surface area contributed by atoms with E-state index in [0.717, 1.165) is 18.4 Å². The maximum atomic E-state index is 11.9. The summed E-state index contributed by atoms with van der Waals surface area (Å²) in [7, 11) is 0. The summed E-state index contributed by atoms with van der Waals surface area (Å²) in [5.74, 6) is 0.101. The highest BCUT2D eigenvalue weighted by Gasteiger charge is 2.26. The fourth-order valence-corrected chi connectivity index (χ4v) is 1.75. The highest BCUT2D eigenvalue weighted by atomic mass is 16.3. The number of aromatic hydroxyl groups is 1. The Bertz CT molecular complexity index is 385. The number of phenolic OH excluding ortho intramolecular Hbond substituents is 1. The van der Waals surface area contributed by atoms with Gasteiger partial charge in [-0.3, -0.25) is 4.79 Å². The van der Waals surface area contributed by atoms with Crippen LogP contribution in [0.5, 0.6) is 5.75 Å². The molecule has 2 rings (SSSR count). The van der Waals surface area contributed by atoms with Crippen molar-refractivity contribution in [2.24, 2.45) is 11.7 Å². The molecule has 1 atom stereocenters. The first-order valence-corrected chi connectivity index (χ1v) is 5.97. The van der Waals surface area contributed by atoms with Crippen LogP contribution in [0.1, 0.15) is 18.4 Å². The van der Waals surface area contributed by atoms with Crippen LogP contribution in [0, 0.1) is 5.92 Å². The number of nitrogens with one attached hydrogen (secondary N) is 1. The Kier molecular flexibility index (Phi) is 3.64. The predicted octanol–water partition coefficient (Wildman–Crippen LogP) is 0.788. The summed E-state index contributed by atoms with van der Waals surface area (Å²) in [6, 6.07) is 7.27. The lowest BCUT2D eigenvalue weighted by Crippen LogP contribution is -2.37. The highest BCUT2D eigenvalue weighted by Crippen LogP contribution is 2.20. The van der Waals surface area contributed by atoms with Crippen LogP contribution in [0.2, 0.25) is 0 Å². The maximum Gasteiger partial charge on any atom is 0.224 e. The normalized spacial score (nSPS) is 16.5.